The fraction of sp³-hybridized carbons (Fsp3) is 0.316. The van der Waals surface area contributed by atoms with E-state index in [4.69, 9.17) is 0 Å². The lowest BCUT2D eigenvalue weighted by molar-refractivity contribution is 0.193. The molecule has 0 aliphatic heterocycles. The Morgan fingerprint density at radius 2 is 1.67 bits per heavy atom. The molecule has 0 aromatic heterocycles. The first-order valence-corrected chi connectivity index (χ1v) is 9.85. The van der Waals surface area contributed by atoms with Gasteiger partial charge in [-0.25, -0.2) is 21.9 Å². The molecule has 2 rings (SSSR count). The first-order chi connectivity index (χ1) is 12.7. The Labute approximate surface area is 159 Å². The number of hydrogen-bond donors (Lipinski definition) is 1. The van der Waals surface area contributed by atoms with Crippen LogP contribution in [0.1, 0.15) is 24.1 Å². The number of halogens is 1. The van der Waals surface area contributed by atoms with E-state index in [1.807, 2.05) is 0 Å². The minimum Gasteiger partial charge on any atom is -0.334 e. The second-order valence-corrected chi connectivity index (χ2v) is 8.48. The second kappa shape index (κ2) is 8.49. The van der Waals surface area contributed by atoms with Gasteiger partial charge >= 0.3 is 6.03 Å². The number of amides is 2. The number of carbonyl (C=O) groups is 1. The van der Waals surface area contributed by atoms with Crippen molar-refractivity contribution in [1.82, 2.24) is 14.5 Å². The van der Waals surface area contributed by atoms with Gasteiger partial charge in [0, 0.05) is 33.3 Å². The summed E-state index contributed by atoms with van der Waals surface area (Å²) in [6.07, 6.45) is 0. The molecule has 0 saturated carbocycles. The lowest BCUT2D eigenvalue weighted by Gasteiger charge is -2.26. The zero-order valence-electron chi connectivity index (χ0n) is 15.8. The van der Waals surface area contributed by atoms with E-state index < -0.39 is 22.1 Å². The molecule has 1 N–H and O–H groups in total. The summed E-state index contributed by atoms with van der Waals surface area (Å²) in [5.74, 6) is -0.382. The van der Waals surface area contributed by atoms with Crippen LogP contribution >= 0.6 is 0 Å². The van der Waals surface area contributed by atoms with E-state index >= 15 is 0 Å². The predicted octanol–water partition coefficient (Wildman–Crippen LogP) is 2.98. The van der Waals surface area contributed by atoms with Crippen LogP contribution in [0, 0.1) is 5.82 Å². The quantitative estimate of drug-likeness (QED) is 0.820. The average Bonchev–Trinajstić information content (AvgIpc) is 2.65. The molecule has 1 atom stereocenters. The number of hydrogen-bond acceptors (Lipinski definition) is 3. The highest BCUT2D eigenvalue weighted by atomic mass is 32.2. The van der Waals surface area contributed by atoms with Crippen molar-refractivity contribution in [3.8, 4) is 0 Å². The number of sulfonamides is 1. The molecule has 0 saturated heterocycles. The largest absolute Gasteiger partial charge is 0.334 e. The molecule has 2 aromatic rings. The molecular weight excluding hydrogens is 369 g/mol. The number of rotatable bonds is 6. The third-order valence-electron chi connectivity index (χ3n) is 4.42. The summed E-state index contributed by atoms with van der Waals surface area (Å²) in [5.41, 5.74) is 0.886. The smallest absolute Gasteiger partial charge is 0.317 e. The van der Waals surface area contributed by atoms with Gasteiger partial charge in [0.1, 0.15) is 5.82 Å². The Bertz CT molecular complexity index is 916. The Morgan fingerprint density at radius 1 is 1.07 bits per heavy atom. The number of benzene rings is 2. The maximum absolute atomic E-state index is 13.9. The zero-order valence-corrected chi connectivity index (χ0v) is 16.6. The Kier molecular flexibility index (Phi) is 6.56. The van der Waals surface area contributed by atoms with Crippen molar-refractivity contribution >= 4 is 16.1 Å². The minimum absolute atomic E-state index is 0.0381. The van der Waals surface area contributed by atoms with Gasteiger partial charge in [-0.15, -0.1) is 0 Å². The summed E-state index contributed by atoms with van der Waals surface area (Å²) in [6, 6.07) is 11.9. The molecule has 0 aliphatic rings. The molecule has 1 unspecified atom stereocenters. The highest BCUT2D eigenvalue weighted by Crippen LogP contribution is 2.22. The topological polar surface area (TPSA) is 69.7 Å². The molecule has 146 valence electrons. The van der Waals surface area contributed by atoms with Crippen LogP contribution in [-0.2, 0) is 16.6 Å². The van der Waals surface area contributed by atoms with Crippen LogP contribution < -0.4 is 5.32 Å². The Morgan fingerprint density at radius 3 is 2.30 bits per heavy atom. The number of urea groups is 1. The van der Waals surface area contributed by atoms with Crippen molar-refractivity contribution in [2.24, 2.45) is 0 Å². The van der Waals surface area contributed by atoms with Gasteiger partial charge in [0.25, 0.3) is 0 Å². The van der Waals surface area contributed by atoms with E-state index in [2.05, 4.69) is 5.32 Å². The van der Waals surface area contributed by atoms with E-state index in [-0.39, 0.29) is 17.3 Å². The van der Waals surface area contributed by atoms with Crippen LogP contribution in [0.25, 0.3) is 0 Å². The van der Waals surface area contributed by atoms with Crippen molar-refractivity contribution in [2.45, 2.75) is 24.4 Å². The summed E-state index contributed by atoms with van der Waals surface area (Å²) in [5, 5.41) is 2.70. The Hall–Kier alpha value is -2.45. The van der Waals surface area contributed by atoms with E-state index in [9.17, 15) is 17.6 Å². The average molecular weight is 393 g/mol. The summed E-state index contributed by atoms with van der Waals surface area (Å²) in [4.78, 5) is 14.0. The lowest BCUT2D eigenvalue weighted by Crippen LogP contribution is -2.39. The fourth-order valence-corrected chi connectivity index (χ4v) is 3.71. The molecule has 0 bridgehead atoms. The molecule has 0 heterocycles. The first kappa shape index (κ1) is 20.9. The monoisotopic (exact) mass is 393 g/mol. The molecule has 27 heavy (non-hydrogen) atoms. The van der Waals surface area contributed by atoms with Gasteiger partial charge in [-0.2, -0.15) is 0 Å². The molecule has 0 fully saturated rings. The molecule has 0 aliphatic carbocycles. The highest BCUT2D eigenvalue weighted by molar-refractivity contribution is 7.89. The second-order valence-electron chi connectivity index (χ2n) is 6.36. The number of nitrogens with one attached hydrogen (secondary N) is 1. The van der Waals surface area contributed by atoms with Gasteiger partial charge in [-0.1, -0.05) is 36.4 Å². The maximum atomic E-state index is 13.9. The van der Waals surface area contributed by atoms with Crippen LogP contribution in [0.2, 0.25) is 0 Å². The predicted molar refractivity (Wildman–Crippen MR) is 102 cm³/mol. The molecule has 2 aromatic carbocycles. The third kappa shape index (κ3) is 4.64. The fourth-order valence-electron chi connectivity index (χ4n) is 2.59. The van der Waals surface area contributed by atoms with E-state index in [0.29, 0.717) is 11.1 Å². The summed E-state index contributed by atoms with van der Waals surface area (Å²) in [7, 11) is 0.848. The molecule has 2 amide bonds. The van der Waals surface area contributed by atoms with Gasteiger partial charge in [0.05, 0.1) is 10.9 Å². The molecular formula is C19H24FN3O3S. The van der Waals surface area contributed by atoms with Gasteiger partial charge in [0.2, 0.25) is 10.0 Å². The minimum atomic E-state index is -3.62. The SMILES string of the molecule is CC(c1ccccc1F)N(C)C(=O)NCc1ccccc1S(=O)(=O)N(C)C. The van der Waals surface area contributed by atoms with Crippen LogP contribution in [0.4, 0.5) is 9.18 Å². The van der Waals surface area contributed by atoms with Crippen molar-refractivity contribution in [3.63, 3.8) is 0 Å². The van der Waals surface area contributed by atoms with Crippen LogP contribution in [0.5, 0.6) is 0 Å². The van der Waals surface area contributed by atoms with Gasteiger partial charge in [-0.3, -0.25) is 0 Å². The summed E-state index contributed by atoms with van der Waals surface area (Å²) < 4.78 is 39.9. The van der Waals surface area contributed by atoms with E-state index in [1.54, 1.807) is 50.4 Å². The first-order valence-electron chi connectivity index (χ1n) is 8.41. The van der Waals surface area contributed by atoms with Gasteiger partial charge in [-0.05, 0) is 24.6 Å². The molecule has 8 heteroatoms. The lowest BCUT2D eigenvalue weighted by atomic mass is 10.1. The van der Waals surface area contributed by atoms with Crippen molar-refractivity contribution < 1.29 is 17.6 Å². The number of carbonyl (C=O) groups excluding carboxylic acids is 1. The van der Waals surface area contributed by atoms with Crippen LogP contribution in [-0.4, -0.2) is 44.8 Å². The van der Waals surface area contributed by atoms with Crippen molar-refractivity contribution in [2.75, 3.05) is 21.1 Å². The molecule has 0 spiro atoms. The normalized spacial score (nSPS) is 12.7. The number of nitrogens with zero attached hydrogens (tertiary/aromatic N) is 2. The van der Waals surface area contributed by atoms with Crippen LogP contribution in [0.3, 0.4) is 0 Å². The van der Waals surface area contributed by atoms with Gasteiger partial charge in [0.15, 0.2) is 0 Å². The molecule has 0 radical (unpaired) electrons. The van der Waals surface area contributed by atoms with Crippen molar-refractivity contribution in [3.05, 3.63) is 65.5 Å². The highest BCUT2D eigenvalue weighted by Gasteiger charge is 2.23. The van der Waals surface area contributed by atoms with E-state index in [0.717, 1.165) is 4.31 Å². The third-order valence-corrected chi connectivity index (χ3v) is 6.33. The van der Waals surface area contributed by atoms with E-state index in [1.165, 1.54) is 31.1 Å². The van der Waals surface area contributed by atoms with Gasteiger partial charge < -0.3 is 10.2 Å². The zero-order chi connectivity index (χ0) is 20.2. The van der Waals surface area contributed by atoms with Crippen molar-refractivity contribution in [1.29, 1.82) is 0 Å². The molecule has 6 nitrogen and oxygen atoms in total. The summed E-state index contributed by atoms with van der Waals surface area (Å²) >= 11 is 0. The maximum Gasteiger partial charge on any atom is 0.317 e. The Balaban J connectivity index is 2.14. The standard InChI is InChI=1S/C19H24FN3O3S/c1-14(16-10-6-7-11-17(16)20)23(4)19(24)21-13-15-9-5-8-12-18(15)27(25,26)22(2)3/h5-12,14H,13H2,1-4H3,(H,21,24). The van der Waals surface area contributed by atoms with Crippen LogP contribution in [0.15, 0.2) is 53.4 Å². The summed E-state index contributed by atoms with van der Waals surface area (Å²) in [6.45, 7) is 1.76.